The molecule has 0 spiro atoms. The van der Waals surface area contributed by atoms with Crippen molar-refractivity contribution in [3.8, 4) is 0 Å². The van der Waals surface area contributed by atoms with Gasteiger partial charge in [0.1, 0.15) is 0 Å². The van der Waals surface area contributed by atoms with Crippen LogP contribution in [0, 0.1) is 0 Å². The summed E-state index contributed by atoms with van der Waals surface area (Å²) in [4.78, 5) is 0. The highest BCUT2D eigenvalue weighted by atomic mass is 32.7. The van der Waals surface area contributed by atoms with Crippen LogP contribution in [0.5, 0.6) is 0 Å². The molecule has 0 aromatic carbocycles. The Bertz CT molecular complexity index is 48.8. The van der Waals surface area contributed by atoms with Crippen molar-refractivity contribution in [2.45, 2.75) is 0 Å². The van der Waals surface area contributed by atoms with Crippen LogP contribution in [0.2, 0.25) is 0 Å². The third kappa shape index (κ3) is 2.49. The van der Waals surface area contributed by atoms with Crippen LogP contribution < -0.4 is 0 Å². The second-order valence-electron chi connectivity index (χ2n) is 0.765. The molecule has 0 bridgehead atoms. The van der Waals surface area contributed by atoms with E-state index in [1.54, 1.807) is 4.78 Å². The van der Waals surface area contributed by atoms with E-state index in [0.29, 0.717) is 7.93 Å². The number of hydrogen-bond donors (Lipinski definition) is 1. The summed E-state index contributed by atoms with van der Waals surface area (Å²) in [5.41, 5.74) is 0. The first-order valence-electron chi connectivity index (χ1n) is 1.41. The largest absolute Gasteiger partial charge is 0.273 e. The smallest absolute Gasteiger partial charge is 0.0531 e. The summed E-state index contributed by atoms with van der Waals surface area (Å²) >= 11 is 3.92. The lowest BCUT2D eigenvalue weighted by Crippen LogP contribution is -1.90. The predicted molar refractivity (Wildman–Crippen MR) is 34.6 cm³/mol. The lowest BCUT2D eigenvalue weighted by Gasteiger charge is -2.03. The molecular weight excluding hydrogens is 115 g/mol. The van der Waals surface area contributed by atoms with Gasteiger partial charge in [-0.3, -0.25) is 4.78 Å². The van der Waals surface area contributed by atoms with Gasteiger partial charge in [-0.1, -0.05) is 0 Å². The van der Waals surface area contributed by atoms with Crippen molar-refractivity contribution in [1.82, 2.24) is 4.78 Å². The van der Waals surface area contributed by atoms with Crippen molar-refractivity contribution in [2.75, 3.05) is 7.05 Å². The monoisotopic (exact) mass is 122 g/mol. The average Bonchev–Trinajstić information content (AvgIpc) is 1.65. The Morgan fingerprint density at radius 2 is 2.50 bits per heavy atom. The van der Waals surface area contributed by atoms with Gasteiger partial charge in [-0.25, -0.2) is 0 Å². The molecule has 1 unspecified atom stereocenters. The maximum Gasteiger partial charge on any atom is 0.0531 e. The second kappa shape index (κ2) is 3.44. The quantitative estimate of drug-likeness (QED) is 0.250. The molecule has 0 amide bonds. The van der Waals surface area contributed by atoms with Crippen molar-refractivity contribution < 1.29 is 0 Å². The SMILES string of the molecule is C=NN(C)PS. The lowest BCUT2D eigenvalue weighted by molar-refractivity contribution is 0.619. The van der Waals surface area contributed by atoms with E-state index in [-0.39, 0.29) is 0 Å². The third-order valence-corrected chi connectivity index (χ3v) is 1.66. The summed E-state index contributed by atoms with van der Waals surface area (Å²) < 4.78 is 1.66. The Hall–Kier alpha value is 0.250. The summed E-state index contributed by atoms with van der Waals surface area (Å²) in [6, 6.07) is 0. The van der Waals surface area contributed by atoms with Crippen molar-refractivity contribution >= 4 is 26.9 Å². The zero-order chi connectivity index (χ0) is 4.99. The first-order chi connectivity index (χ1) is 2.81. The van der Waals surface area contributed by atoms with E-state index in [1.165, 1.54) is 0 Å². The zero-order valence-corrected chi connectivity index (χ0v) is 5.44. The minimum absolute atomic E-state index is 0.430. The molecule has 0 fully saturated rings. The zero-order valence-electron chi connectivity index (χ0n) is 3.55. The standard InChI is InChI=1S/C2H7N2PS/c1-3-4(2)5-6/h5-6H,1H2,2H3. The Kier molecular flexibility index (Phi) is 3.58. The number of hydrazone groups is 1. The highest BCUT2D eigenvalue weighted by molar-refractivity contribution is 8.37. The van der Waals surface area contributed by atoms with E-state index in [4.69, 9.17) is 0 Å². The van der Waals surface area contributed by atoms with Crippen molar-refractivity contribution in [3.63, 3.8) is 0 Å². The summed E-state index contributed by atoms with van der Waals surface area (Å²) in [6.07, 6.45) is 0. The Balaban J connectivity index is 2.96. The topological polar surface area (TPSA) is 15.6 Å². The van der Waals surface area contributed by atoms with Gasteiger partial charge in [0.2, 0.25) is 0 Å². The van der Waals surface area contributed by atoms with Crippen LogP contribution in [0.1, 0.15) is 0 Å². The summed E-state index contributed by atoms with van der Waals surface area (Å²) in [7, 11) is 2.25. The first-order valence-corrected chi connectivity index (χ1v) is 3.65. The number of nitrogens with zero attached hydrogens (tertiary/aromatic N) is 2. The summed E-state index contributed by atoms with van der Waals surface area (Å²) in [6.45, 7) is 3.27. The van der Waals surface area contributed by atoms with Gasteiger partial charge in [0.05, 0.1) is 7.93 Å². The predicted octanol–water partition coefficient (Wildman–Crippen LogP) is 0.972. The molecule has 0 aliphatic heterocycles. The minimum Gasteiger partial charge on any atom is -0.273 e. The van der Waals surface area contributed by atoms with Crippen LogP contribution in [0.25, 0.3) is 0 Å². The summed E-state index contributed by atoms with van der Waals surface area (Å²) in [5.74, 6) is 0. The van der Waals surface area contributed by atoms with E-state index >= 15 is 0 Å². The van der Waals surface area contributed by atoms with Gasteiger partial charge in [-0.15, -0.1) is 12.2 Å². The summed E-state index contributed by atoms with van der Waals surface area (Å²) in [5, 5.41) is 3.53. The van der Waals surface area contributed by atoms with Gasteiger partial charge in [0, 0.05) is 13.8 Å². The molecule has 0 radical (unpaired) electrons. The normalized spacial score (nSPS) is 9.67. The fourth-order valence-corrected chi connectivity index (χ4v) is 0.285. The Morgan fingerprint density at radius 3 is 2.50 bits per heavy atom. The molecule has 0 saturated heterocycles. The van der Waals surface area contributed by atoms with Gasteiger partial charge >= 0.3 is 0 Å². The molecule has 0 heterocycles. The van der Waals surface area contributed by atoms with E-state index in [2.05, 4.69) is 24.1 Å². The van der Waals surface area contributed by atoms with E-state index in [1.807, 2.05) is 7.05 Å². The van der Waals surface area contributed by atoms with Gasteiger partial charge in [0.15, 0.2) is 0 Å². The highest BCUT2D eigenvalue weighted by Crippen LogP contribution is 2.18. The fourth-order valence-electron chi connectivity index (χ4n) is 0.0316. The van der Waals surface area contributed by atoms with Gasteiger partial charge in [0.25, 0.3) is 0 Å². The van der Waals surface area contributed by atoms with Crippen LogP contribution in [0.15, 0.2) is 5.10 Å². The van der Waals surface area contributed by atoms with Crippen LogP contribution in [-0.4, -0.2) is 18.5 Å². The maximum absolute atomic E-state index is 3.92. The molecule has 4 heteroatoms. The Labute approximate surface area is 44.6 Å². The maximum atomic E-state index is 3.92. The van der Waals surface area contributed by atoms with Crippen molar-refractivity contribution in [1.29, 1.82) is 0 Å². The minimum atomic E-state index is 0.430. The molecular formula is C2H7N2PS. The first kappa shape index (κ1) is 6.25. The number of thiol groups is 1. The molecule has 0 aromatic rings. The van der Waals surface area contributed by atoms with Gasteiger partial charge < -0.3 is 0 Å². The molecule has 1 atom stereocenters. The van der Waals surface area contributed by atoms with Crippen LogP contribution >= 0.6 is 20.2 Å². The molecule has 0 rings (SSSR count). The van der Waals surface area contributed by atoms with Gasteiger partial charge in [-0.05, 0) is 0 Å². The van der Waals surface area contributed by atoms with E-state index in [0.717, 1.165) is 0 Å². The number of hydrogen-bond acceptors (Lipinski definition) is 3. The van der Waals surface area contributed by atoms with Crippen LogP contribution in [0.3, 0.4) is 0 Å². The fraction of sp³-hybridized carbons (Fsp3) is 0.500. The van der Waals surface area contributed by atoms with E-state index < -0.39 is 0 Å². The molecule has 0 aliphatic rings. The van der Waals surface area contributed by atoms with Crippen LogP contribution in [0.4, 0.5) is 0 Å². The van der Waals surface area contributed by atoms with Crippen LogP contribution in [-0.2, 0) is 0 Å². The molecule has 0 saturated carbocycles. The molecule has 0 aromatic heterocycles. The molecule has 0 aliphatic carbocycles. The van der Waals surface area contributed by atoms with Crippen molar-refractivity contribution in [2.24, 2.45) is 5.10 Å². The third-order valence-electron chi connectivity index (χ3n) is 0.357. The molecule has 6 heavy (non-hydrogen) atoms. The highest BCUT2D eigenvalue weighted by Gasteiger charge is 1.76. The van der Waals surface area contributed by atoms with E-state index in [9.17, 15) is 0 Å². The molecule has 2 nitrogen and oxygen atoms in total. The molecule has 0 N–H and O–H groups in total. The van der Waals surface area contributed by atoms with Crippen molar-refractivity contribution in [3.05, 3.63) is 0 Å². The number of rotatable bonds is 2. The Morgan fingerprint density at radius 1 is 2.00 bits per heavy atom. The second-order valence-corrected chi connectivity index (χ2v) is 2.21. The molecule has 36 valence electrons. The average molecular weight is 122 g/mol. The van der Waals surface area contributed by atoms with Gasteiger partial charge in [-0.2, -0.15) is 5.10 Å². The lowest BCUT2D eigenvalue weighted by atomic mass is 11.5.